The normalized spacial score (nSPS) is 28.9. The van der Waals surface area contributed by atoms with Gasteiger partial charge in [0.2, 0.25) is 0 Å². The molecule has 0 aromatic heterocycles. The zero-order chi connectivity index (χ0) is 18.8. The Bertz CT molecular complexity index is 454. The van der Waals surface area contributed by atoms with Crippen molar-refractivity contribution in [2.75, 3.05) is 84.4 Å². The van der Waals surface area contributed by atoms with Crippen LogP contribution in [-0.4, -0.2) is 101 Å². The van der Waals surface area contributed by atoms with Gasteiger partial charge in [-0.1, -0.05) is 0 Å². The highest BCUT2D eigenvalue weighted by molar-refractivity contribution is 14.0. The van der Waals surface area contributed by atoms with Crippen LogP contribution in [0.2, 0.25) is 0 Å². The first-order chi connectivity index (χ1) is 13.3. The third kappa shape index (κ3) is 7.46. The van der Waals surface area contributed by atoms with E-state index in [1.54, 1.807) is 0 Å². The fraction of sp³-hybridized carbons (Fsp3) is 0.947. The monoisotopic (exact) mass is 528 g/mol. The maximum absolute atomic E-state index is 5.77. The number of nitrogens with zero attached hydrogens (tertiary/aromatic N) is 2. The lowest BCUT2D eigenvalue weighted by atomic mass is 9.95. The van der Waals surface area contributed by atoms with Crippen molar-refractivity contribution >= 4 is 41.7 Å². The number of halogens is 1. The number of ether oxygens (including phenoxy) is 3. The highest BCUT2D eigenvalue weighted by Crippen LogP contribution is 2.33. The second-order valence-electron chi connectivity index (χ2n) is 7.64. The van der Waals surface area contributed by atoms with E-state index >= 15 is 0 Å². The van der Waals surface area contributed by atoms with E-state index < -0.39 is 0 Å². The van der Waals surface area contributed by atoms with Crippen LogP contribution in [0.5, 0.6) is 0 Å². The van der Waals surface area contributed by atoms with Gasteiger partial charge in [0.25, 0.3) is 0 Å². The highest BCUT2D eigenvalue weighted by atomic mass is 127. The summed E-state index contributed by atoms with van der Waals surface area (Å²) in [6.07, 6.45) is 3.36. The van der Waals surface area contributed by atoms with Crippen LogP contribution in [0.25, 0.3) is 0 Å². The lowest BCUT2D eigenvalue weighted by molar-refractivity contribution is -0.0120. The molecule has 0 aromatic carbocycles. The molecule has 0 aliphatic carbocycles. The van der Waals surface area contributed by atoms with Crippen LogP contribution in [0, 0.1) is 5.92 Å². The molecule has 2 atom stereocenters. The first-order valence-electron chi connectivity index (χ1n) is 10.3. The summed E-state index contributed by atoms with van der Waals surface area (Å²) in [5.74, 6) is 3.92. The molecule has 0 aromatic rings. The molecule has 0 bridgehead atoms. The standard InChI is InChI=1S/C19H36N4O3S.HI/c1-20-18(21-5-2-8-25-13-17-3-9-26-14-17)22-15-19(4-12-27-16-19)23-6-10-24-11-7-23;/h17H,2-16H2,1H3,(H2,20,21,22);1H. The van der Waals surface area contributed by atoms with Crippen molar-refractivity contribution in [2.45, 2.75) is 24.8 Å². The number of morpholine rings is 1. The number of thioether (sulfide) groups is 1. The summed E-state index contributed by atoms with van der Waals surface area (Å²) >= 11 is 2.06. The van der Waals surface area contributed by atoms with Gasteiger partial charge in [-0.2, -0.15) is 11.8 Å². The van der Waals surface area contributed by atoms with Gasteiger partial charge in [0.1, 0.15) is 0 Å². The van der Waals surface area contributed by atoms with Crippen molar-refractivity contribution in [3.63, 3.8) is 0 Å². The molecule has 3 rings (SSSR count). The summed E-state index contributed by atoms with van der Waals surface area (Å²) in [6.45, 7) is 8.97. The number of hydrogen-bond donors (Lipinski definition) is 2. The van der Waals surface area contributed by atoms with Crippen LogP contribution in [0.15, 0.2) is 4.99 Å². The summed E-state index contributed by atoms with van der Waals surface area (Å²) in [5, 5.41) is 7.00. The molecule has 9 heteroatoms. The molecule has 0 amide bonds. The van der Waals surface area contributed by atoms with E-state index in [1.165, 1.54) is 17.9 Å². The summed E-state index contributed by atoms with van der Waals surface area (Å²) in [5.41, 5.74) is 0.235. The minimum atomic E-state index is 0. The van der Waals surface area contributed by atoms with Crippen LogP contribution in [0.1, 0.15) is 19.3 Å². The van der Waals surface area contributed by atoms with Crippen molar-refractivity contribution < 1.29 is 14.2 Å². The number of aliphatic imine (C=N–C) groups is 1. The molecule has 0 spiro atoms. The SMILES string of the molecule is CN=C(NCCCOCC1CCOC1)NCC1(N2CCOCC2)CCSC1.I. The molecule has 2 unspecified atom stereocenters. The Morgan fingerprint density at radius 2 is 2.11 bits per heavy atom. The lowest BCUT2D eigenvalue weighted by Gasteiger charge is -2.43. The second-order valence-corrected chi connectivity index (χ2v) is 8.74. The molecule has 2 N–H and O–H groups in total. The average molecular weight is 529 g/mol. The van der Waals surface area contributed by atoms with Crippen LogP contribution in [0.4, 0.5) is 0 Å². The third-order valence-corrected chi connectivity index (χ3v) is 6.94. The third-order valence-electron chi connectivity index (χ3n) is 5.71. The van der Waals surface area contributed by atoms with Crippen molar-refractivity contribution in [1.82, 2.24) is 15.5 Å². The van der Waals surface area contributed by atoms with Gasteiger partial charge in [-0.15, -0.1) is 24.0 Å². The van der Waals surface area contributed by atoms with E-state index in [2.05, 4.69) is 32.3 Å². The van der Waals surface area contributed by atoms with Gasteiger partial charge in [-0.3, -0.25) is 9.89 Å². The van der Waals surface area contributed by atoms with Gasteiger partial charge in [-0.25, -0.2) is 0 Å². The fourth-order valence-corrected chi connectivity index (χ4v) is 5.43. The van der Waals surface area contributed by atoms with E-state index in [0.717, 1.165) is 84.6 Å². The molecular weight excluding hydrogens is 491 g/mol. The van der Waals surface area contributed by atoms with Crippen LogP contribution in [0.3, 0.4) is 0 Å². The van der Waals surface area contributed by atoms with Gasteiger partial charge in [-0.05, 0) is 25.0 Å². The Hall–Kier alpha value is 0.190. The zero-order valence-corrected chi connectivity index (χ0v) is 20.3. The second kappa shape index (κ2) is 13.5. The molecule has 3 fully saturated rings. The van der Waals surface area contributed by atoms with Crippen molar-refractivity contribution in [2.24, 2.45) is 10.9 Å². The van der Waals surface area contributed by atoms with E-state index in [0.29, 0.717) is 5.92 Å². The number of hydrogen-bond acceptors (Lipinski definition) is 6. The molecule has 0 radical (unpaired) electrons. The maximum atomic E-state index is 5.77. The fourth-order valence-electron chi connectivity index (χ4n) is 3.95. The summed E-state index contributed by atoms with van der Waals surface area (Å²) < 4.78 is 16.7. The lowest BCUT2D eigenvalue weighted by Crippen LogP contribution is -2.60. The molecule has 28 heavy (non-hydrogen) atoms. The van der Waals surface area contributed by atoms with E-state index in [9.17, 15) is 0 Å². The highest BCUT2D eigenvalue weighted by Gasteiger charge is 2.40. The summed E-state index contributed by atoms with van der Waals surface area (Å²) in [6, 6.07) is 0. The molecular formula is C19H37IN4O3S. The van der Waals surface area contributed by atoms with Gasteiger partial charge in [0.05, 0.1) is 26.4 Å². The Labute approximate surface area is 191 Å². The number of rotatable bonds is 9. The van der Waals surface area contributed by atoms with E-state index in [1.807, 2.05) is 7.05 Å². The van der Waals surface area contributed by atoms with Crippen molar-refractivity contribution in [1.29, 1.82) is 0 Å². The molecule has 3 saturated heterocycles. The average Bonchev–Trinajstić information content (AvgIpc) is 3.40. The first-order valence-corrected chi connectivity index (χ1v) is 11.5. The van der Waals surface area contributed by atoms with Gasteiger partial charge in [0, 0.05) is 63.7 Å². The van der Waals surface area contributed by atoms with Crippen LogP contribution in [-0.2, 0) is 14.2 Å². The van der Waals surface area contributed by atoms with E-state index in [4.69, 9.17) is 14.2 Å². The van der Waals surface area contributed by atoms with Crippen molar-refractivity contribution in [3.8, 4) is 0 Å². The molecule has 7 nitrogen and oxygen atoms in total. The quantitative estimate of drug-likeness (QED) is 0.203. The largest absolute Gasteiger partial charge is 0.381 e. The number of guanidine groups is 1. The zero-order valence-electron chi connectivity index (χ0n) is 17.1. The molecule has 3 aliphatic heterocycles. The molecule has 164 valence electrons. The topological polar surface area (TPSA) is 67.4 Å². The predicted octanol–water partition coefficient (Wildman–Crippen LogP) is 1.42. The molecule has 0 saturated carbocycles. The van der Waals surface area contributed by atoms with Gasteiger partial charge in [0.15, 0.2) is 5.96 Å². The smallest absolute Gasteiger partial charge is 0.191 e. The Morgan fingerprint density at radius 3 is 2.79 bits per heavy atom. The minimum Gasteiger partial charge on any atom is -0.381 e. The Morgan fingerprint density at radius 1 is 1.25 bits per heavy atom. The van der Waals surface area contributed by atoms with Gasteiger partial charge >= 0.3 is 0 Å². The Balaban J connectivity index is 0.00000280. The number of nitrogens with one attached hydrogen (secondary N) is 2. The van der Waals surface area contributed by atoms with Crippen LogP contribution >= 0.6 is 35.7 Å². The molecule has 3 heterocycles. The summed E-state index contributed by atoms with van der Waals surface area (Å²) in [4.78, 5) is 7.02. The predicted molar refractivity (Wildman–Crippen MR) is 126 cm³/mol. The van der Waals surface area contributed by atoms with Crippen LogP contribution < -0.4 is 10.6 Å². The van der Waals surface area contributed by atoms with E-state index in [-0.39, 0.29) is 29.5 Å². The minimum absolute atomic E-state index is 0. The maximum Gasteiger partial charge on any atom is 0.191 e. The molecule has 3 aliphatic rings. The Kier molecular flexibility index (Phi) is 11.8. The van der Waals surface area contributed by atoms with Crippen molar-refractivity contribution in [3.05, 3.63) is 0 Å². The van der Waals surface area contributed by atoms with Gasteiger partial charge < -0.3 is 24.8 Å². The summed E-state index contributed by atoms with van der Waals surface area (Å²) in [7, 11) is 1.84. The first kappa shape index (κ1) is 24.5.